The molecule has 0 aliphatic carbocycles. The first kappa shape index (κ1) is 18.0. The van der Waals surface area contributed by atoms with Gasteiger partial charge in [-0.3, -0.25) is 10.2 Å². The second-order valence-electron chi connectivity index (χ2n) is 7.43. The van der Waals surface area contributed by atoms with Crippen LogP contribution in [0.25, 0.3) is 11.0 Å². The summed E-state index contributed by atoms with van der Waals surface area (Å²) in [7, 11) is 0. The van der Waals surface area contributed by atoms with E-state index in [0.29, 0.717) is 19.8 Å². The lowest BCUT2D eigenvalue weighted by atomic mass is 9.93. The molecular weight excluding hydrogens is 370 g/mol. The summed E-state index contributed by atoms with van der Waals surface area (Å²) in [6.07, 6.45) is 0. The van der Waals surface area contributed by atoms with E-state index in [-0.39, 0.29) is 23.9 Å². The molecule has 0 spiro atoms. The Morgan fingerprint density at radius 1 is 1.10 bits per heavy atom. The number of amides is 1. The molecule has 150 valence electrons. The molecular formula is C22H23N3O4. The van der Waals surface area contributed by atoms with Crippen molar-refractivity contribution in [1.82, 2.24) is 16.2 Å². The summed E-state index contributed by atoms with van der Waals surface area (Å²) in [5.41, 5.74) is 8.13. The van der Waals surface area contributed by atoms with Gasteiger partial charge < -0.3 is 19.2 Å². The van der Waals surface area contributed by atoms with Gasteiger partial charge in [0.1, 0.15) is 24.6 Å². The zero-order chi connectivity index (χ0) is 19.8. The Hall–Kier alpha value is -3.03. The second kappa shape index (κ2) is 7.42. The van der Waals surface area contributed by atoms with Crippen LogP contribution in [0, 0.1) is 5.92 Å². The van der Waals surface area contributed by atoms with Gasteiger partial charge in [0.2, 0.25) is 5.91 Å². The second-order valence-corrected chi connectivity index (χ2v) is 7.43. The van der Waals surface area contributed by atoms with Crippen molar-refractivity contribution < 1.29 is 18.7 Å². The van der Waals surface area contributed by atoms with Gasteiger partial charge in [-0.25, -0.2) is 5.43 Å². The van der Waals surface area contributed by atoms with E-state index in [4.69, 9.17) is 13.9 Å². The van der Waals surface area contributed by atoms with Crippen LogP contribution < -0.4 is 25.6 Å². The minimum atomic E-state index is -0.260. The Bertz CT molecular complexity index is 1010. The van der Waals surface area contributed by atoms with Gasteiger partial charge in [0, 0.05) is 11.9 Å². The molecule has 2 aliphatic heterocycles. The number of hydrazine groups is 1. The van der Waals surface area contributed by atoms with Gasteiger partial charge in [-0.1, -0.05) is 24.3 Å². The largest absolute Gasteiger partial charge is 0.486 e. The molecule has 29 heavy (non-hydrogen) atoms. The molecule has 1 fully saturated rings. The Labute approximate surface area is 168 Å². The predicted molar refractivity (Wildman–Crippen MR) is 108 cm³/mol. The van der Waals surface area contributed by atoms with Gasteiger partial charge in [-0.05, 0) is 36.8 Å². The summed E-state index contributed by atoms with van der Waals surface area (Å²) in [6.45, 7) is 3.56. The van der Waals surface area contributed by atoms with Gasteiger partial charge in [-0.2, -0.15) is 0 Å². The third-order valence-electron chi connectivity index (χ3n) is 5.47. The number of para-hydroxylation sites is 1. The average molecular weight is 393 g/mol. The Morgan fingerprint density at radius 2 is 1.93 bits per heavy atom. The van der Waals surface area contributed by atoms with E-state index in [2.05, 4.69) is 16.2 Å². The average Bonchev–Trinajstić information content (AvgIpc) is 3.40. The van der Waals surface area contributed by atoms with E-state index in [1.54, 1.807) is 0 Å². The highest BCUT2D eigenvalue weighted by Gasteiger charge is 2.35. The first-order valence-electron chi connectivity index (χ1n) is 9.86. The molecule has 7 nitrogen and oxygen atoms in total. The molecule has 3 N–H and O–H groups in total. The number of furan rings is 1. The number of ether oxygens (including phenoxy) is 2. The highest BCUT2D eigenvalue weighted by atomic mass is 16.6. The van der Waals surface area contributed by atoms with Crippen molar-refractivity contribution in [3.63, 3.8) is 0 Å². The SMILES string of the molecule is CC(NC(=O)C1CNNC1c1ccc2c(c1)OCCO2)c1cc2ccccc2o1. The summed E-state index contributed by atoms with van der Waals surface area (Å²) in [6, 6.07) is 15.2. The maximum Gasteiger partial charge on any atom is 0.227 e. The van der Waals surface area contributed by atoms with Gasteiger partial charge in [-0.15, -0.1) is 0 Å². The molecule has 2 aliphatic rings. The number of hydrogen-bond acceptors (Lipinski definition) is 6. The van der Waals surface area contributed by atoms with Crippen LogP contribution in [0.5, 0.6) is 11.5 Å². The predicted octanol–water partition coefficient (Wildman–Crippen LogP) is 2.85. The highest BCUT2D eigenvalue weighted by molar-refractivity contribution is 5.81. The molecule has 3 unspecified atom stereocenters. The smallest absolute Gasteiger partial charge is 0.227 e. The van der Waals surface area contributed by atoms with Crippen molar-refractivity contribution in [3.8, 4) is 11.5 Å². The van der Waals surface area contributed by atoms with E-state index >= 15 is 0 Å². The van der Waals surface area contributed by atoms with Crippen molar-refractivity contribution in [2.45, 2.75) is 19.0 Å². The third-order valence-corrected chi connectivity index (χ3v) is 5.47. The van der Waals surface area contributed by atoms with Gasteiger partial charge in [0.05, 0.1) is 18.0 Å². The topological polar surface area (TPSA) is 84.8 Å². The van der Waals surface area contributed by atoms with Crippen molar-refractivity contribution >= 4 is 16.9 Å². The molecule has 3 heterocycles. The molecule has 3 aromatic rings. The fraction of sp³-hybridized carbons (Fsp3) is 0.318. The normalized spacial score (nSPS) is 21.8. The number of carbonyl (C=O) groups excluding carboxylic acids is 1. The maximum absolute atomic E-state index is 13.0. The zero-order valence-corrected chi connectivity index (χ0v) is 16.1. The summed E-state index contributed by atoms with van der Waals surface area (Å²) in [5.74, 6) is 1.91. The number of fused-ring (bicyclic) bond motifs is 2. The lowest BCUT2D eigenvalue weighted by Gasteiger charge is -2.23. The third kappa shape index (κ3) is 3.43. The molecule has 3 atom stereocenters. The van der Waals surface area contributed by atoms with Crippen LogP contribution in [0.1, 0.15) is 30.3 Å². The fourth-order valence-corrected chi connectivity index (χ4v) is 3.92. The molecule has 2 aromatic carbocycles. The minimum absolute atomic E-state index is 0.0321. The van der Waals surface area contributed by atoms with Gasteiger partial charge >= 0.3 is 0 Å². The Morgan fingerprint density at radius 3 is 2.79 bits per heavy atom. The molecule has 1 aromatic heterocycles. The number of hydrogen-bond donors (Lipinski definition) is 3. The van der Waals surface area contributed by atoms with Gasteiger partial charge in [0.25, 0.3) is 0 Å². The van der Waals surface area contributed by atoms with E-state index in [1.807, 2.05) is 55.5 Å². The molecule has 0 saturated carbocycles. The van der Waals surface area contributed by atoms with E-state index < -0.39 is 0 Å². The summed E-state index contributed by atoms with van der Waals surface area (Å²) >= 11 is 0. The standard InChI is InChI=1S/C22H23N3O4/c1-13(19-10-14-4-2-3-5-17(14)29-19)24-22(26)16-12-23-25-21(16)15-6-7-18-20(11-15)28-9-8-27-18/h2-7,10-11,13,16,21,23,25H,8-9,12H2,1H3,(H,24,26). The molecule has 0 radical (unpaired) electrons. The van der Waals surface area contributed by atoms with Crippen LogP contribution >= 0.6 is 0 Å². The monoisotopic (exact) mass is 393 g/mol. The summed E-state index contributed by atoms with van der Waals surface area (Å²) in [4.78, 5) is 13.0. The van der Waals surface area contributed by atoms with Crippen molar-refractivity contribution in [2.24, 2.45) is 5.92 Å². The van der Waals surface area contributed by atoms with E-state index in [1.165, 1.54) is 0 Å². The highest BCUT2D eigenvalue weighted by Crippen LogP contribution is 2.35. The molecule has 7 heteroatoms. The molecule has 1 amide bonds. The van der Waals surface area contributed by atoms with Crippen LogP contribution in [0.15, 0.2) is 52.9 Å². The van der Waals surface area contributed by atoms with E-state index in [9.17, 15) is 4.79 Å². The number of rotatable bonds is 4. The summed E-state index contributed by atoms with van der Waals surface area (Å²) < 4.78 is 17.2. The molecule has 5 rings (SSSR count). The lowest BCUT2D eigenvalue weighted by Crippen LogP contribution is -2.36. The van der Waals surface area contributed by atoms with Crippen LogP contribution in [0.4, 0.5) is 0 Å². The molecule has 0 bridgehead atoms. The molecule has 1 saturated heterocycles. The number of carbonyl (C=O) groups is 1. The van der Waals surface area contributed by atoms with Crippen LogP contribution in [0.3, 0.4) is 0 Å². The quantitative estimate of drug-likeness (QED) is 0.632. The summed E-state index contributed by atoms with van der Waals surface area (Å²) in [5, 5.41) is 4.12. The minimum Gasteiger partial charge on any atom is -0.486 e. The van der Waals surface area contributed by atoms with E-state index in [0.717, 1.165) is 33.8 Å². The van der Waals surface area contributed by atoms with Crippen molar-refractivity contribution in [3.05, 3.63) is 59.9 Å². The van der Waals surface area contributed by atoms with Crippen molar-refractivity contribution in [1.29, 1.82) is 0 Å². The maximum atomic E-state index is 13.0. The van der Waals surface area contributed by atoms with Crippen molar-refractivity contribution in [2.75, 3.05) is 19.8 Å². The fourth-order valence-electron chi connectivity index (χ4n) is 3.92. The Balaban J connectivity index is 1.32. The van der Waals surface area contributed by atoms with Gasteiger partial charge in [0.15, 0.2) is 11.5 Å². The number of nitrogens with one attached hydrogen (secondary N) is 3. The van der Waals surface area contributed by atoms with Crippen LogP contribution in [0.2, 0.25) is 0 Å². The Kier molecular flexibility index (Phi) is 4.61. The first-order valence-corrected chi connectivity index (χ1v) is 9.86. The number of benzene rings is 2. The lowest BCUT2D eigenvalue weighted by molar-refractivity contribution is -0.125. The zero-order valence-electron chi connectivity index (χ0n) is 16.1. The first-order chi connectivity index (χ1) is 14.2. The van der Waals surface area contributed by atoms with Crippen LogP contribution in [-0.4, -0.2) is 25.7 Å². The van der Waals surface area contributed by atoms with Crippen LogP contribution in [-0.2, 0) is 4.79 Å².